The van der Waals surface area contributed by atoms with Crippen molar-refractivity contribution in [1.29, 1.82) is 0 Å². The van der Waals surface area contributed by atoms with Crippen LogP contribution in [0.5, 0.6) is 0 Å². The van der Waals surface area contributed by atoms with E-state index in [1.807, 2.05) is 31.2 Å². The van der Waals surface area contributed by atoms with Gasteiger partial charge in [0.2, 0.25) is 0 Å². The number of hydrogen-bond donors (Lipinski definition) is 1. The number of aldehydes is 1. The van der Waals surface area contributed by atoms with Crippen LogP contribution in [-0.2, 0) is 4.79 Å². The Kier molecular flexibility index (Phi) is 6.72. The molecule has 0 aliphatic rings. The van der Waals surface area contributed by atoms with Crippen molar-refractivity contribution in [3.05, 3.63) is 119 Å². The minimum absolute atomic E-state index is 0.0718. The van der Waals surface area contributed by atoms with E-state index in [0.29, 0.717) is 0 Å². The highest BCUT2D eigenvalue weighted by atomic mass is 16.1. The maximum absolute atomic E-state index is 11.0. The molecule has 2 nitrogen and oxygen atoms in total. The zero-order chi connectivity index (χ0) is 18.9. The second-order valence-electron chi connectivity index (χ2n) is 6.69. The largest absolute Gasteiger partial charge is 0.299 e. The van der Waals surface area contributed by atoms with Crippen LogP contribution in [0, 0.1) is 0 Å². The Morgan fingerprint density at radius 2 is 1.22 bits per heavy atom. The average molecular weight is 355 g/mol. The minimum atomic E-state index is 0.0718. The van der Waals surface area contributed by atoms with Crippen molar-refractivity contribution < 1.29 is 4.79 Å². The molecule has 0 fully saturated rings. The molecule has 27 heavy (non-hydrogen) atoms. The highest BCUT2D eigenvalue weighted by molar-refractivity contribution is 5.71. The van der Waals surface area contributed by atoms with Gasteiger partial charge >= 0.3 is 0 Å². The molecule has 0 radical (unpaired) electrons. The number of nitrogens with one attached hydrogen (secondary N) is 1. The molecule has 0 bridgehead atoms. The topological polar surface area (TPSA) is 29.1 Å². The van der Waals surface area contributed by atoms with E-state index >= 15 is 0 Å². The average Bonchev–Trinajstić information content (AvgIpc) is 2.75. The Morgan fingerprint density at radius 1 is 0.778 bits per heavy atom. The first-order valence-corrected chi connectivity index (χ1v) is 9.30. The van der Waals surface area contributed by atoms with Gasteiger partial charge in [-0.3, -0.25) is 10.1 Å². The van der Waals surface area contributed by atoms with Crippen LogP contribution >= 0.6 is 0 Å². The van der Waals surface area contributed by atoms with Gasteiger partial charge in [0.1, 0.15) is 6.29 Å². The van der Waals surface area contributed by atoms with E-state index < -0.39 is 0 Å². The highest BCUT2D eigenvalue weighted by Crippen LogP contribution is 2.28. The van der Waals surface area contributed by atoms with Gasteiger partial charge in [0.15, 0.2) is 0 Å². The predicted octanol–water partition coefficient (Wildman–Crippen LogP) is 5.64. The van der Waals surface area contributed by atoms with Crippen molar-refractivity contribution >= 4 is 6.29 Å². The van der Waals surface area contributed by atoms with Gasteiger partial charge in [-0.2, -0.15) is 0 Å². The summed E-state index contributed by atoms with van der Waals surface area (Å²) >= 11 is 0. The van der Waals surface area contributed by atoms with Crippen LogP contribution in [0.4, 0.5) is 0 Å². The van der Waals surface area contributed by atoms with E-state index in [1.165, 1.54) is 16.7 Å². The zero-order valence-corrected chi connectivity index (χ0v) is 15.6. The van der Waals surface area contributed by atoms with E-state index in [0.717, 1.165) is 18.3 Å². The lowest BCUT2D eigenvalue weighted by Gasteiger charge is -2.27. The van der Waals surface area contributed by atoms with Crippen LogP contribution in [-0.4, -0.2) is 6.29 Å². The highest BCUT2D eigenvalue weighted by Gasteiger charge is 2.19. The molecule has 0 aromatic heterocycles. The lowest BCUT2D eigenvalue weighted by molar-refractivity contribution is -0.104. The molecule has 1 N–H and O–H groups in total. The monoisotopic (exact) mass is 355 g/mol. The normalized spacial score (nSPS) is 12.7. The molecule has 3 aromatic carbocycles. The Hall–Kier alpha value is -2.97. The van der Waals surface area contributed by atoms with E-state index in [2.05, 4.69) is 78.1 Å². The molecule has 1 unspecified atom stereocenters. The van der Waals surface area contributed by atoms with Crippen LogP contribution in [0.3, 0.4) is 0 Å². The first-order chi connectivity index (χ1) is 13.3. The summed E-state index contributed by atoms with van der Waals surface area (Å²) < 4.78 is 0. The van der Waals surface area contributed by atoms with E-state index in [-0.39, 0.29) is 12.1 Å². The van der Waals surface area contributed by atoms with Crippen LogP contribution in [0.1, 0.15) is 42.1 Å². The predicted molar refractivity (Wildman–Crippen MR) is 111 cm³/mol. The fourth-order valence-electron chi connectivity index (χ4n) is 3.21. The molecule has 136 valence electrons. The number of carbonyl (C=O) groups excluding carboxylic acids is 1. The number of allylic oxidation sites excluding steroid dienone is 1. The Balaban J connectivity index is 1.95. The maximum Gasteiger partial charge on any atom is 0.145 e. The van der Waals surface area contributed by atoms with Crippen LogP contribution in [0.15, 0.2) is 103 Å². The number of rotatable bonds is 8. The third-order valence-corrected chi connectivity index (χ3v) is 4.70. The van der Waals surface area contributed by atoms with Crippen molar-refractivity contribution in [3.8, 4) is 0 Å². The minimum Gasteiger partial charge on any atom is -0.299 e. The summed E-state index contributed by atoms with van der Waals surface area (Å²) in [6, 6.07) is 31.5. The summed E-state index contributed by atoms with van der Waals surface area (Å²) in [4.78, 5) is 11.0. The zero-order valence-electron chi connectivity index (χ0n) is 15.6. The quantitative estimate of drug-likeness (QED) is 0.418. The van der Waals surface area contributed by atoms with Crippen molar-refractivity contribution in [2.24, 2.45) is 0 Å². The second-order valence-corrected chi connectivity index (χ2v) is 6.69. The summed E-state index contributed by atoms with van der Waals surface area (Å²) in [5.41, 5.74) is 4.42. The Morgan fingerprint density at radius 3 is 1.67 bits per heavy atom. The molecule has 0 aliphatic carbocycles. The molecule has 3 rings (SSSR count). The number of carbonyl (C=O) groups is 1. The van der Waals surface area contributed by atoms with Crippen LogP contribution in [0.2, 0.25) is 0 Å². The van der Waals surface area contributed by atoms with Crippen LogP contribution < -0.4 is 5.32 Å². The molecule has 2 heteroatoms. The van der Waals surface area contributed by atoms with E-state index in [9.17, 15) is 4.79 Å². The van der Waals surface area contributed by atoms with Gasteiger partial charge in [-0.05, 0) is 35.6 Å². The molecule has 0 aliphatic heterocycles. The molecule has 1 atom stereocenters. The fourth-order valence-corrected chi connectivity index (χ4v) is 3.21. The molecule has 0 heterocycles. The maximum atomic E-state index is 11.0. The van der Waals surface area contributed by atoms with Gasteiger partial charge in [0.05, 0.1) is 6.04 Å². The van der Waals surface area contributed by atoms with Gasteiger partial charge in [-0.25, -0.2) is 0 Å². The first kappa shape index (κ1) is 18.8. The van der Waals surface area contributed by atoms with E-state index in [4.69, 9.17) is 0 Å². The summed E-state index contributed by atoms with van der Waals surface area (Å²) in [6.45, 7) is 1.85. The van der Waals surface area contributed by atoms with Gasteiger partial charge in [-0.15, -0.1) is 0 Å². The van der Waals surface area contributed by atoms with Gasteiger partial charge < -0.3 is 0 Å². The second kappa shape index (κ2) is 9.65. The molecule has 0 saturated carbocycles. The van der Waals surface area contributed by atoms with Crippen molar-refractivity contribution in [2.45, 2.75) is 25.4 Å². The Labute approximate surface area is 161 Å². The molecular formula is C25H25NO. The van der Waals surface area contributed by atoms with Gasteiger partial charge in [0, 0.05) is 6.04 Å². The van der Waals surface area contributed by atoms with Crippen molar-refractivity contribution in [1.82, 2.24) is 5.32 Å². The smallest absolute Gasteiger partial charge is 0.145 e. The van der Waals surface area contributed by atoms with Gasteiger partial charge in [0.25, 0.3) is 0 Å². The van der Waals surface area contributed by atoms with Crippen molar-refractivity contribution in [2.75, 3.05) is 0 Å². The third-order valence-electron chi connectivity index (χ3n) is 4.70. The SMILES string of the molecule is C/C(C=O)=C\CC(NC(c1ccccc1)c1ccccc1)c1ccccc1. The summed E-state index contributed by atoms with van der Waals surface area (Å²) in [5, 5.41) is 3.82. The first-order valence-electron chi connectivity index (χ1n) is 9.30. The summed E-state index contributed by atoms with van der Waals surface area (Å²) in [5.74, 6) is 0. The molecule has 0 amide bonds. The molecule has 3 aromatic rings. The Bertz CT molecular complexity index is 817. The fraction of sp³-hybridized carbons (Fsp3) is 0.160. The molecule has 0 saturated heterocycles. The molecular weight excluding hydrogens is 330 g/mol. The van der Waals surface area contributed by atoms with Crippen LogP contribution in [0.25, 0.3) is 0 Å². The van der Waals surface area contributed by atoms with E-state index in [1.54, 1.807) is 0 Å². The molecule has 0 spiro atoms. The summed E-state index contributed by atoms with van der Waals surface area (Å²) in [7, 11) is 0. The standard InChI is InChI=1S/C25H25NO/c1-20(19-27)17-18-24(21-11-5-2-6-12-21)26-25(22-13-7-3-8-14-22)23-15-9-4-10-16-23/h2-17,19,24-26H,18H2,1H3/b20-17+. The summed E-state index contributed by atoms with van der Waals surface area (Å²) in [6.07, 6.45) is 3.67. The lowest BCUT2D eigenvalue weighted by atomic mass is 9.95. The van der Waals surface area contributed by atoms with Crippen molar-refractivity contribution in [3.63, 3.8) is 0 Å². The number of hydrogen-bond acceptors (Lipinski definition) is 2. The third kappa shape index (κ3) is 5.25. The lowest BCUT2D eigenvalue weighted by Crippen LogP contribution is -2.27. The van der Waals surface area contributed by atoms with Gasteiger partial charge in [-0.1, -0.05) is 97.1 Å². The number of benzene rings is 3.